The average Bonchev–Trinajstić information content (AvgIpc) is 2.99. The molecule has 11 heteroatoms. The van der Waals surface area contributed by atoms with Crippen LogP contribution in [0.1, 0.15) is 31.4 Å². The number of sulfonamides is 1. The fourth-order valence-corrected chi connectivity index (χ4v) is 6.25. The number of nitriles is 1. The smallest absolute Gasteiger partial charge is 0.264 e. The SMILES string of the molecule is CCC(Sc1nc(-c2ccc(OC)cc2)cc(-c2ccc(C)cc2)c1C#N)C(=O)Nc1ccc(S(=O)(=O)NC(C)=O)cc1. The Hall–Kier alpha value is -4.66. The predicted molar refractivity (Wildman–Crippen MR) is 167 cm³/mol. The molecule has 0 bridgehead atoms. The van der Waals surface area contributed by atoms with Crippen molar-refractivity contribution in [3.8, 4) is 34.2 Å². The van der Waals surface area contributed by atoms with Gasteiger partial charge in [0.1, 0.15) is 16.8 Å². The van der Waals surface area contributed by atoms with Crippen molar-refractivity contribution in [2.45, 2.75) is 42.4 Å². The molecule has 4 rings (SSSR count). The molecule has 1 unspecified atom stereocenters. The minimum atomic E-state index is -4.00. The van der Waals surface area contributed by atoms with E-state index in [0.717, 1.165) is 23.6 Å². The second-order valence-corrected chi connectivity index (χ2v) is 12.5. The third-order valence-corrected chi connectivity index (χ3v) is 9.27. The number of aromatic nitrogens is 1. The number of amides is 2. The maximum atomic E-state index is 13.4. The maximum Gasteiger partial charge on any atom is 0.264 e. The van der Waals surface area contributed by atoms with Gasteiger partial charge >= 0.3 is 0 Å². The van der Waals surface area contributed by atoms with E-state index in [1.54, 1.807) is 7.11 Å². The molecule has 0 saturated carbocycles. The first-order chi connectivity index (χ1) is 20.5. The molecule has 0 spiro atoms. The third kappa shape index (κ3) is 7.60. The number of benzene rings is 3. The number of rotatable bonds is 10. The zero-order valence-corrected chi connectivity index (χ0v) is 25.7. The molecule has 2 amide bonds. The fraction of sp³-hybridized carbons (Fsp3) is 0.188. The molecular formula is C32H30N4O5S2. The molecule has 1 atom stereocenters. The van der Waals surface area contributed by atoms with Gasteiger partial charge in [-0.25, -0.2) is 18.1 Å². The molecule has 43 heavy (non-hydrogen) atoms. The molecular weight excluding hydrogens is 585 g/mol. The van der Waals surface area contributed by atoms with Crippen molar-refractivity contribution < 1.29 is 22.7 Å². The van der Waals surface area contributed by atoms with Gasteiger partial charge in [0, 0.05) is 23.7 Å². The number of aryl methyl sites for hydroxylation is 1. The zero-order valence-electron chi connectivity index (χ0n) is 24.0. The number of pyridine rings is 1. The van der Waals surface area contributed by atoms with Gasteiger partial charge in [-0.3, -0.25) is 9.59 Å². The number of nitrogens with one attached hydrogen (secondary N) is 2. The normalized spacial score (nSPS) is 11.7. The standard InChI is InChI=1S/C32H30N4O5S2/c1-5-30(31(38)34-24-12-16-26(17-13-24)43(39,40)36-21(3)37)42-32-28(19-33)27(22-8-6-20(2)7-9-22)18-29(35-32)23-10-14-25(41-4)15-11-23/h6-18,30H,5H2,1-4H3,(H,34,38)(H,36,37). The minimum absolute atomic E-state index is 0.107. The second kappa shape index (κ2) is 13.5. The van der Waals surface area contributed by atoms with E-state index in [4.69, 9.17) is 9.72 Å². The van der Waals surface area contributed by atoms with E-state index < -0.39 is 21.2 Å². The van der Waals surface area contributed by atoms with Crippen molar-refractivity contribution in [2.24, 2.45) is 0 Å². The summed E-state index contributed by atoms with van der Waals surface area (Å²) in [6.07, 6.45) is 0.435. The van der Waals surface area contributed by atoms with Crippen LogP contribution in [-0.4, -0.2) is 37.6 Å². The zero-order chi connectivity index (χ0) is 31.1. The highest BCUT2D eigenvalue weighted by atomic mass is 32.2. The highest BCUT2D eigenvalue weighted by molar-refractivity contribution is 8.00. The van der Waals surface area contributed by atoms with Crippen LogP contribution in [0.2, 0.25) is 0 Å². The van der Waals surface area contributed by atoms with Gasteiger partial charge in [0.2, 0.25) is 11.8 Å². The van der Waals surface area contributed by atoms with E-state index in [1.807, 2.05) is 73.2 Å². The Morgan fingerprint density at radius 1 is 1.00 bits per heavy atom. The first kappa shape index (κ1) is 31.3. The molecule has 0 saturated heterocycles. The van der Waals surface area contributed by atoms with Gasteiger partial charge in [0.15, 0.2) is 0 Å². The average molecular weight is 615 g/mol. The van der Waals surface area contributed by atoms with Crippen molar-refractivity contribution in [3.05, 3.63) is 90.0 Å². The Balaban J connectivity index is 1.67. The summed E-state index contributed by atoms with van der Waals surface area (Å²) in [4.78, 5) is 29.3. The molecule has 0 aliphatic heterocycles. The molecule has 0 aliphatic carbocycles. The number of carbonyl (C=O) groups excluding carboxylic acids is 2. The molecule has 2 N–H and O–H groups in total. The van der Waals surface area contributed by atoms with Gasteiger partial charge in [-0.05, 0) is 73.5 Å². The van der Waals surface area contributed by atoms with Crippen LogP contribution in [0, 0.1) is 18.3 Å². The molecule has 4 aromatic rings. The van der Waals surface area contributed by atoms with E-state index >= 15 is 0 Å². The summed E-state index contributed by atoms with van der Waals surface area (Å²) in [6, 6.07) is 25.0. The Kier molecular flexibility index (Phi) is 9.85. The number of anilines is 1. The number of ether oxygens (including phenoxy) is 1. The van der Waals surface area contributed by atoms with Crippen LogP contribution in [0.5, 0.6) is 5.75 Å². The van der Waals surface area contributed by atoms with Gasteiger partial charge in [-0.2, -0.15) is 5.26 Å². The lowest BCUT2D eigenvalue weighted by Crippen LogP contribution is -2.28. The second-order valence-electron chi connectivity index (χ2n) is 9.63. The van der Waals surface area contributed by atoms with Crippen LogP contribution in [0.15, 0.2) is 88.8 Å². The van der Waals surface area contributed by atoms with Gasteiger partial charge in [-0.1, -0.05) is 48.5 Å². The van der Waals surface area contributed by atoms with Gasteiger partial charge in [0.25, 0.3) is 10.0 Å². The molecule has 0 radical (unpaired) electrons. The highest BCUT2D eigenvalue weighted by Crippen LogP contribution is 2.37. The molecule has 3 aromatic carbocycles. The lowest BCUT2D eigenvalue weighted by molar-refractivity contribution is -0.117. The number of hydrogen-bond acceptors (Lipinski definition) is 8. The van der Waals surface area contributed by atoms with Gasteiger partial charge in [-0.15, -0.1) is 0 Å². The number of thioether (sulfide) groups is 1. The van der Waals surface area contributed by atoms with Crippen LogP contribution in [0.4, 0.5) is 5.69 Å². The molecule has 1 aromatic heterocycles. The maximum absolute atomic E-state index is 13.4. The summed E-state index contributed by atoms with van der Waals surface area (Å²) in [6.45, 7) is 4.96. The van der Waals surface area contributed by atoms with E-state index in [2.05, 4.69) is 11.4 Å². The van der Waals surface area contributed by atoms with Crippen molar-refractivity contribution >= 4 is 39.3 Å². The van der Waals surface area contributed by atoms with E-state index in [-0.39, 0.29) is 10.8 Å². The largest absolute Gasteiger partial charge is 0.497 e. The summed E-state index contributed by atoms with van der Waals surface area (Å²) in [5, 5.41) is 12.9. The summed E-state index contributed by atoms with van der Waals surface area (Å²) in [5.74, 6) is -0.330. The van der Waals surface area contributed by atoms with E-state index in [9.17, 15) is 23.3 Å². The fourth-order valence-electron chi connectivity index (χ4n) is 4.23. The Labute approximate surface area is 255 Å². The number of hydrogen-bond donors (Lipinski definition) is 2. The van der Waals surface area contributed by atoms with Crippen molar-refractivity contribution in [1.29, 1.82) is 5.26 Å². The van der Waals surface area contributed by atoms with Crippen LogP contribution < -0.4 is 14.8 Å². The van der Waals surface area contributed by atoms with Gasteiger partial charge < -0.3 is 10.1 Å². The van der Waals surface area contributed by atoms with Crippen LogP contribution in [0.3, 0.4) is 0 Å². The highest BCUT2D eigenvalue weighted by Gasteiger charge is 2.24. The third-order valence-electron chi connectivity index (χ3n) is 6.47. The lowest BCUT2D eigenvalue weighted by Gasteiger charge is -2.18. The van der Waals surface area contributed by atoms with Crippen molar-refractivity contribution in [3.63, 3.8) is 0 Å². The van der Waals surface area contributed by atoms with Crippen LogP contribution in [0.25, 0.3) is 22.4 Å². The Morgan fingerprint density at radius 3 is 2.19 bits per heavy atom. The molecule has 220 valence electrons. The van der Waals surface area contributed by atoms with E-state index in [0.29, 0.717) is 39.7 Å². The molecule has 0 aliphatic rings. The topological polar surface area (TPSA) is 138 Å². The monoisotopic (exact) mass is 614 g/mol. The van der Waals surface area contributed by atoms with Crippen LogP contribution in [-0.2, 0) is 19.6 Å². The number of nitrogens with zero attached hydrogens (tertiary/aromatic N) is 2. The van der Waals surface area contributed by atoms with Crippen molar-refractivity contribution in [2.75, 3.05) is 12.4 Å². The number of carbonyl (C=O) groups is 2. The Morgan fingerprint density at radius 2 is 1.63 bits per heavy atom. The van der Waals surface area contributed by atoms with E-state index in [1.165, 1.54) is 36.0 Å². The first-order valence-corrected chi connectivity index (χ1v) is 15.7. The Bertz CT molecular complexity index is 1780. The summed E-state index contributed by atoms with van der Waals surface area (Å²) >= 11 is 1.20. The van der Waals surface area contributed by atoms with Crippen LogP contribution >= 0.6 is 11.8 Å². The minimum Gasteiger partial charge on any atom is -0.497 e. The summed E-state index contributed by atoms with van der Waals surface area (Å²) in [5.41, 5.74) is 4.87. The lowest BCUT2D eigenvalue weighted by atomic mass is 9.98. The summed E-state index contributed by atoms with van der Waals surface area (Å²) in [7, 11) is -2.40. The molecule has 1 heterocycles. The molecule has 0 fully saturated rings. The van der Waals surface area contributed by atoms with Crippen molar-refractivity contribution in [1.82, 2.24) is 9.71 Å². The summed E-state index contributed by atoms with van der Waals surface area (Å²) < 4.78 is 31.7. The number of methoxy groups -OCH3 is 1. The van der Waals surface area contributed by atoms with Gasteiger partial charge in [0.05, 0.1) is 28.5 Å². The molecule has 9 nitrogen and oxygen atoms in total. The quantitative estimate of drug-likeness (QED) is 0.209. The predicted octanol–water partition coefficient (Wildman–Crippen LogP) is 5.94. The first-order valence-electron chi connectivity index (χ1n) is 13.3.